The predicted octanol–water partition coefficient (Wildman–Crippen LogP) is 2.90. The van der Waals surface area contributed by atoms with Crippen LogP contribution in [-0.4, -0.2) is 30.6 Å². The molecule has 1 heterocycles. The van der Waals surface area contributed by atoms with E-state index in [0.29, 0.717) is 17.1 Å². The molecule has 0 unspecified atom stereocenters. The van der Waals surface area contributed by atoms with E-state index >= 15 is 0 Å². The van der Waals surface area contributed by atoms with Gasteiger partial charge in [-0.15, -0.1) is 12.4 Å². The number of hydrogen-bond acceptors (Lipinski definition) is 3. The molecule has 1 aliphatic heterocycles. The van der Waals surface area contributed by atoms with E-state index in [2.05, 4.69) is 9.64 Å². The molecule has 3 nitrogen and oxygen atoms in total. The van der Waals surface area contributed by atoms with Gasteiger partial charge in [-0.2, -0.15) is 8.78 Å². The number of benzene rings is 1. The van der Waals surface area contributed by atoms with Crippen LogP contribution in [0.1, 0.15) is 12.0 Å². The largest absolute Gasteiger partial charge is 0.434 e. The summed E-state index contributed by atoms with van der Waals surface area (Å²) in [6.07, 6.45) is 0.922. The van der Waals surface area contributed by atoms with Crippen LogP contribution in [0.5, 0.6) is 5.75 Å². The van der Waals surface area contributed by atoms with Crippen LogP contribution in [0.2, 0.25) is 5.02 Å². The smallest absolute Gasteiger partial charge is 0.387 e. The van der Waals surface area contributed by atoms with Gasteiger partial charge in [-0.1, -0.05) is 11.6 Å². The van der Waals surface area contributed by atoms with Gasteiger partial charge in [0.1, 0.15) is 5.75 Å². The van der Waals surface area contributed by atoms with Gasteiger partial charge in [0.2, 0.25) is 0 Å². The average Bonchev–Trinajstić information content (AvgIpc) is 2.67. The van der Waals surface area contributed by atoms with Gasteiger partial charge in [0, 0.05) is 36.3 Å². The first-order chi connectivity index (χ1) is 8.54. The molecule has 19 heavy (non-hydrogen) atoms. The highest BCUT2D eigenvalue weighted by Gasteiger charge is 2.21. The number of likely N-dealkylation sites (tertiary alicyclic amines) is 1. The summed E-state index contributed by atoms with van der Waals surface area (Å²) in [6, 6.07) is 4.82. The first-order valence-electron chi connectivity index (χ1n) is 5.76. The van der Waals surface area contributed by atoms with Crippen LogP contribution in [0.4, 0.5) is 8.78 Å². The molecule has 7 heteroatoms. The molecule has 1 aliphatic rings. The average molecular weight is 313 g/mol. The van der Waals surface area contributed by atoms with E-state index in [0.717, 1.165) is 19.5 Å². The van der Waals surface area contributed by atoms with Crippen molar-refractivity contribution in [3.63, 3.8) is 0 Å². The first kappa shape index (κ1) is 16.4. The van der Waals surface area contributed by atoms with Gasteiger partial charge in [-0.25, -0.2) is 0 Å². The molecule has 1 fully saturated rings. The lowest BCUT2D eigenvalue weighted by molar-refractivity contribution is -0.0507. The lowest BCUT2D eigenvalue weighted by atomic mass is 10.2. The summed E-state index contributed by atoms with van der Waals surface area (Å²) >= 11 is 5.88. The maximum atomic E-state index is 12.3. The van der Waals surface area contributed by atoms with E-state index in [4.69, 9.17) is 17.3 Å². The Bertz CT molecular complexity index is 421. The summed E-state index contributed by atoms with van der Waals surface area (Å²) in [5.74, 6) is 0.176. The Kier molecular flexibility index (Phi) is 6.26. The molecule has 0 saturated carbocycles. The fourth-order valence-corrected chi connectivity index (χ4v) is 2.32. The van der Waals surface area contributed by atoms with Crippen molar-refractivity contribution in [3.8, 4) is 5.75 Å². The van der Waals surface area contributed by atoms with Crippen molar-refractivity contribution in [3.05, 3.63) is 28.8 Å². The molecule has 2 rings (SSSR count). The topological polar surface area (TPSA) is 38.5 Å². The van der Waals surface area contributed by atoms with Crippen molar-refractivity contribution in [2.45, 2.75) is 25.6 Å². The zero-order valence-electron chi connectivity index (χ0n) is 10.2. The molecule has 0 spiro atoms. The molecule has 0 aliphatic carbocycles. The fourth-order valence-electron chi connectivity index (χ4n) is 2.13. The number of alkyl halides is 2. The maximum Gasteiger partial charge on any atom is 0.387 e. The van der Waals surface area contributed by atoms with Crippen LogP contribution < -0.4 is 10.5 Å². The third-order valence-electron chi connectivity index (χ3n) is 2.94. The van der Waals surface area contributed by atoms with E-state index in [-0.39, 0.29) is 24.2 Å². The third kappa shape index (κ3) is 4.76. The van der Waals surface area contributed by atoms with Crippen LogP contribution in [-0.2, 0) is 6.54 Å². The van der Waals surface area contributed by atoms with Crippen molar-refractivity contribution in [2.24, 2.45) is 5.73 Å². The van der Waals surface area contributed by atoms with Crippen LogP contribution in [0.15, 0.2) is 18.2 Å². The molecule has 0 bridgehead atoms. The third-order valence-corrected chi connectivity index (χ3v) is 3.18. The lowest BCUT2D eigenvalue weighted by Crippen LogP contribution is -2.26. The minimum atomic E-state index is -2.83. The van der Waals surface area contributed by atoms with E-state index in [1.807, 2.05) is 0 Å². The Hall–Kier alpha value is -0.620. The Morgan fingerprint density at radius 1 is 1.47 bits per heavy atom. The van der Waals surface area contributed by atoms with E-state index < -0.39 is 6.61 Å². The molecule has 108 valence electrons. The Labute approximate surface area is 122 Å². The zero-order chi connectivity index (χ0) is 13.1. The van der Waals surface area contributed by atoms with Crippen molar-refractivity contribution >= 4 is 24.0 Å². The van der Waals surface area contributed by atoms with Crippen molar-refractivity contribution in [1.82, 2.24) is 4.90 Å². The molecule has 1 aromatic rings. The Morgan fingerprint density at radius 3 is 2.79 bits per heavy atom. The van der Waals surface area contributed by atoms with Crippen molar-refractivity contribution in [1.29, 1.82) is 0 Å². The van der Waals surface area contributed by atoms with Crippen molar-refractivity contribution in [2.75, 3.05) is 13.1 Å². The summed E-state index contributed by atoms with van der Waals surface area (Å²) in [7, 11) is 0. The maximum absolute atomic E-state index is 12.3. The van der Waals surface area contributed by atoms with Crippen LogP contribution in [0, 0.1) is 0 Å². The summed E-state index contributed by atoms with van der Waals surface area (Å²) in [5, 5.41) is 0.509. The second-order valence-electron chi connectivity index (χ2n) is 4.41. The standard InChI is InChI=1S/C12H15ClF2N2O.ClH/c13-9-1-2-11(18-12(14)15)8(5-9)6-17-4-3-10(16)7-17;/h1-2,5,10,12H,3-4,6-7,16H2;1H/t10-;/m0./s1. The lowest BCUT2D eigenvalue weighted by Gasteiger charge is -2.18. The summed E-state index contributed by atoms with van der Waals surface area (Å²) in [6.45, 7) is -0.676. The number of hydrogen-bond donors (Lipinski definition) is 1. The summed E-state index contributed by atoms with van der Waals surface area (Å²) in [5.41, 5.74) is 6.47. The first-order valence-corrected chi connectivity index (χ1v) is 6.13. The highest BCUT2D eigenvalue weighted by Crippen LogP contribution is 2.26. The van der Waals surface area contributed by atoms with Gasteiger partial charge in [0.05, 0.1) is 0 Å². The van der Waals surface area contributed by atoms with Gasteiger partial charge in [0.15, 0.2) is 0 Å². The highest BCUT2D eigenvalue weighted by molar-refractivity contribution is 6.30. The van der Waals surface area contributed by atoms with Crippen molar-refractivity contribution < 1.29 is 13.5 Å². The fraction of sp³-hybridized carbons (Fsp3) is 0.500. The Balaban J connectivity index is 0.00000180. The molecular formula is C12H16Cl2F2N2O. The van der Waals surface area contributed by atoms with E-state index in [1.54, 1.807) is 12.1 Å². The normalized spacial score (nSPS) is 19.5. The van der Waals surface area contributed by atoms with Crippen LogP contribution >= 0.6 is 24.0 Å². The van der Waals surface area contributed by atoms with Gasteiger partial charge < -0.3 is 10.5 Å². The minimum Gasteiger partial charge on any atom is -0.434 e. The van der Waals surface area contributed by atoms with Gasteiger partial charge in [-0.3, -0.25) is 4.90 Å². The minimum absolute atomic E-state index is 0. The molecular weight excluding hydrogens is 297 g/mol. The number of halogens is 4. The highest BCUT2D eigenvalue weighted by atomic mass is 35.5. The summed E-state index contributed by atoms with van der Waals surface area (Å²) in [4.78, 5) is 2.11. The van der Waals surface area contributed by atoms with Gasteiger partial charge >= 0.3 is 6.61 Å². The molecule has 2 N–H and O–H groups in total. The SMILES string of the molecule is Cl.N[C@H]1CCN(Cc2cc(Cl)ccc2OC(F)F)C1. The van der Waals surface area contributed by atoms with E-state index in [9.17, 15) is 8.78 Å². The number of ether oxygens (including phenoxy) is 1. The molecule has 0 amide bonds. The number of nitrogens with two attached hydrogens (primary N) is 1. The van der Waals surface area contributed by atoms with Crippen LogP contribution in [0.25, 0.3) is 0 Å². The molecule has 1 saturated heterocycles. The molecule has 0 aromatic heterocycles. The van der Waals surface area contributed by atoms with E-state index in [1.165, 1.54) is 6.07 Å². The number of rotatable bonds is 4. The molecule has 1 atom stereocenters. The molecule has 1 aromatic carbocycles. The second kappa shape index (κ2) is 7.24. The van der Waals surface area contributed by atoms with Gasteiger partial charge in [0.25, 0.3) is 0 Å². The van der Waals surface area contributed by atoms with Gasteiger partial charge in [-0.05, 0) is 24.6 Å². The predicted molar refractivity (Wildman–Crippen MR) is 73.2 cm³/mol. The number of nitrogens with zero attached hydrogens (tertiary/aromatic N) is 1. The second-order valence-corrected chi connectivity index (χ2v) is 4.85. The quantitative estimate of drug-likeness (QED) is 0.929. The Morgan fingerprint density at radius 2 is 2.21 bits per heavy atom. The molecule has 0 radical (unpaired) electrons. The monoisotopic (exact) mass is 312 g/mol. The summed E-state index contributed by atoms with van der Waals surface area (Å²) < 4.78 is 29.1. The van der Waals surface area contributed by atoms with Crippen LogP contribution in [0.3, 0.4) is 0 Å². The zero-order valence-corrected chi connectivity index (χ0v) is 11.8.